The van der Waals surface area contributed by atoms with Gasteiger partial charge in [-0.15, -0.1) is 0 Å². The number of carbonyl (C=O) groups is 1. The molecule has 1 aliphatic carbocycles. The van der Waals surface area contributed by atoms with Crippen LogP contribution < -0.4 is 5.73 Å². The Kier molecular flexibility index (Phi) is 4.60. The number of aromatic nitrogens is 2. The Morgan fingerprint density at radius 2 is 2.21 bits per heavy atom. The standard InChI is InChI=1S/C13H20ClN3O2/c1-19-8-7-17-11(10(14)9-16-17)12(18)13(15)5-3-2-4-6-13/h9H,2-8,15H2,1H3. The van der Waals surface area contributed by atoms with Crippen LogP contribution >= 0.6 is 11.6 Å². The van der Waals surface area contributed by atoms with Gasteiger partial charge >= 0.3 is 0 Å². The minimum atomic E-state index is -0.785. The molecule has 5 nitrogen and oxygen atoms in total. The van der Waals surface area contributed by atoms with E-state index in [1.807, 2.05) is 0 Å². The Hall–Kier alpha value is -0.910. The number of nitrogens with two attached hydrogens (primary N) is 1. The highest BCUT2D eigenvalue weighted by Crippen LogP contribution is 2.31. The fourth-order valence-electron chi connectivity index (χ4n) is 2.58. The van der Waals surface area contributed by atoms with E-state index in [0.717, 1.165) is 32.1 Å². The second-order valence-electron chi connectivity index (χ2n) is 5.10. The lowest BCUT2D eigenvalue weighted by Gasteiger charge is -2.31. The zero-order valence-electron chi connectivity index (χ0n) is 11.2. The molecule has 1 aliphatic rings. The number of hydrogen-bond acceptors (Lipinski definition) is 4. The van der Waals surface area contributed by atoms with Crippen LogP contribution in [0.15, 0.2) is 6.20 Å². The molecule has 0 saturated heterocycles. The van der Waals surface area contributed by atoms with Crippen molar-refractivity contribution in [2.45, 2.75) is 44.2 Å². The molecule has 0 amide bonds. The van der Waals surface area contributed by atoms with Crippen molar-refractivity contribution in [3.05, 3.63) is 16.9 Å². The van der Waals surface area contributed by atoms with Crippen LogP contribution in [0, 0.1) is 0 Å². The molecule has 2 rings (SSSR count). The fourth-order valence-corrected chi connectivity index (χ4v) is 2.81. The minimum Gasteiger partial charge on any atom is -0.383 e. The first-order valence-electron chi connectivity index (χ1n) is 6.62. The van der Waals surface area contributed by atoms with E-state index in [1.165, 1.54) is 6.20 Å². The van der Waals surface area contributed by atoms with Gasteiger partial charge in [-0.1, -0.05) is 30.9 Å². The molecule has 2 N–H and O–H groups in total. The summed E-state index contributed by atoms with van der Waals surface area (Å²) in [6, 6.07) is 0. The zero-order valence-corrected chi connectivity index (χ0v) is 11.9. The van der Waals surface area contributed by atoms with Crippen molar-refractivity contribution < 1.29 is 9.53 Å². The molecular weight excluding hydrogens is 266 g/mol. The highest BCUT2D eigenvalue weighted by molar-refractivity contribution is 6.34. The van der Waals surface area contributed by atoms with Gasteiger partial charge in [-0.3, -0.25) is 9.48 Å². The first-order chi connectivity index (χ1) is 9.08. The topological polar surface area (TPSA) is 70.1 Å². The third-order valence-electron chi connectivity index (χ3n) is 3.72. The smallest absolute Gasteiger partial charge is 0.202 e. The van der Waals surface area contributed by atoms with E-state index in [-0.39, 0.29) is 5.78 Å². The number of Topliss-reactive ketones (excluding diaryl/α,β-unsaturated/α-hetero) is 1. The predicted octanol–water partition coefficient (Wildman–Crippen LogP) is 2.03. The molecule has 1 aromatic rings. The minimum absolute atomic E-state index is 0.0918. The van der Waals surface area contributed by atoms with Crippen LogP contribution in [0.5, 0.6) is 0 Å². The van der Waals surface area contributed by atoms with Crippen LogP contribution in [0.4, 0.5) is 0 Å². The Balaban J connectivity index is 2.24. The summed E-state index contributed by atoms with van der Waals surface area (Å²) >= 11 is 6.10. The predicted molar refractivity (Wildman–Crippen MR) is 73.4 cm³/mol. The van der Waals surface area contributed by atoms with Gasteiger partial charge in [-0.2, -0.15) is 5.10 Å². The molecule has 0 bridgehead atoms. The highest BCUT2D eigenvalue weighted by atomic mass is 35.5. The van der Waals surface area contributed by atoms with Gasteiger partial charge in [0, 0.05) is 7.11 Å². The zero-order chi connectivity index (χ0) is 13.9. The monoisotopic (exact) mass is 285 g/mol. The highest BCUT2D eigenvalue weighted by Gasteiger charge is 2.38. The maximum absolute atomic E-state index is 12.7. The molecule has 1 heterocycles. The quantitative estimate of drug-likeness (QED) is 0.841. The average molecular weight is 286 g/mol. The summed E-state index contributed by atoms with van der Waals surface area (Å²) in [5.41, 5.74) is 5.91. The first kappa shape index (κ1) is 14.5. The van der Waals surface area contributed by atoms with Crippen molar-refractivity contribution in [3.8, 4) is 0 Å². The van der Waals surface area contributed by atoms with Crippen LogP contribution in [-0.2, 0) is 11.3 Å². The number of nitrogens with zero attached hydrogens (tertiary/aromatic N) is 2. The number of halogens is 1. The summed E-state index contributed by atoms with van der Waals surface area (Å²) in [5.74, 6) is -0.0918. The summed E-state index contributed by atoms with van der Waals surface area (Å²) in [4.78, 5) is 12.7. The molecule has 0 aliphatic heterocycles. The number of ether oxygens (including phenoxy) is 1. The number of methoxy groups -OCH3 is 1. The van der Waals surface area contributed by atoms with Crippen LogP contribution in [0.1, 0.15) is 42.6 Å². The van der Waals surface area contributed by atoms with Crippen LogP contribution in [0.3, 0.4) is 0 Å². The summed E-state index contributed by atoms with van der Waals surface area (Å²) in [6.07, 6.45) is 6.06. The third-order valence-corrected chi connectivity index (χ3v) is 3.99. The molecule has 106 valence electrons. The molecule has 19 heavy (non-hydrogen) atoms. The van der Waals surface area contributed by atoms with Crippen molar-refractivity contribution in [1.29, 1.82) is 0 Å². The van der Waals surface area contributed by atoms with E-state index >= 15 is 0 Å². The molecule has 0 atom stereocenters. The van der Waals surface area contributed by atoms with Crippen LogP contribution in [0.25, 0.3) is 0 Å². The Morgan fingerprint density at radius 1 is 1.53 bits per heavy atom. The van der Waals surface area contributed by atoms with E-state index in [0.29, 0.717) is 23.9 Å². The maximum atomic E-state index is 12.7. The Morgan fingerprint density at radius 3 is 2.84 bits per heavy atom. The second kappa shape index (κ2) is 6.03. The van der Waals surface area contributed by atoms with Crippen molar-refractivity contribution in [2.75, 3.05) is 13.7 Å². The van der Waals surface area contributed by atoms with Gasteiger partial charge < -0.3 is 10.5 Å². The number of ketones is 1. The van der Waals surface area contributed by atoms with Crippen LogP contribution in [0.2, 0.25) is 5.02 Å². The molecule has 1 saturated carbocycles. The molecular formula is C13H20ClN3O2. The van der Waals surface area contributed by atoms with Crippen molar-refractivity contribution >= 4 is 17.4 Å². The normalized spacial score (nSPS) is 18.5. The lowest BCUT2D eigenvalue weighted by Crippen LogP contribution is -2.50. The molecule has 1 aromatic heterocycles. The summed E-state index contributed by atoms with van der Waals surface area (Å²) in [7, 11) is 1.61. The summed E-state index contributed by atoms with van der Waals surface area (Å²) in [6.45, 7) is 0.982. The Labute approximate surface area is 118 Å². The summed E-state index contributed by atoms with van der Waals surface area (Å²) in [5, 5.41) is 4.50. The van der Waals surface area contributed by atoms with Gasteiger partial charge in [0.15, 0.2) is 0 Å². The molecule has 6 heteroatoms. The molecule has 0 unspecified atom stereocenters. The van der Waals surface area contributed by atoms with Gasteiger partial charge in [0.25, 0.3) is 0 Å². The van der Waals surface area contributed by atoms with Gasteiger partial charge in [0.2, 0.25) is 5.78 Å². The van der Waals surface area contributed by atoms with Crippen LogP contribution in [-0.4, -0.2) is 34.8 Å². The number of carbonyl (C=O) groups excluding carboxylic acids is 1. The number of hydrogen-bond donors (Lipinski definition) is 1. The van der Waals surface area contributed by atoms with E-state index in [1.54, 1.807) is 11.8 Å². The average Bonchev–Trinajstić information content (AvgIpc) is 2.77. The maximum Gasteiger partial charge on any atom is 0.202 e. The second-order valence-corrected chi connectivity index (χ2v) is 5.51. The largest absolute Gasteiger partial charge is 0.383 e. The van der Waals surface area contributed by atoms with Crippen molar-refractivity contribution in [1.82, 2.24) is 9.78 Å². The van der Waals surface area contributed by atoms with Gasteiger partial charge in [0.05, 0.1) is 29.9 Å². The molecule has 1 fully saturated rings. The van der Waals surface area contributed by atoms with Crippen molar-refractivity contribution in [2.24, 2.45) is 5.73 Å². The van der Waals surface area contributed by atoms with Gasteiger partial charge in [-0.05, 0) is 12.8 Å². The fraction of sp³-hybridized carbons (Fsp3) is 0.692. The first-order valence-corrected chi connectivity index (χ1v) is 7.00. The van der Waals surface area contributed by atoms with Crippen molar-refractivity contribution in [3.63, 3.8) is 0 Å². The molecule has 0 spiro atoms. The van der Waals surface area contributed by atoms with Gasteiger partial charge in [0.1, 0.15) is 5.69 Å². The van der Waals surface area contributed by atoms with Gasteiger partial charge in [-0.25, -0.2) is 0 Å². The Bertz CT molecular complexity index is 453. The SMILES string of the molecule is COCCn1ncc(Cl)c1C(=O)C1(N)CCCCC1. The number of rotatable bonds is 5. The molecule has 0 aromatic carbocycles. The third kappa shape index (κ3) is 2.99. The summed E-state index contributed by atoms with van der Waals surface area (Å²) < 4.78 is 6.61. The lowest BCUT2D eigenvalue weighted by atomic mass is 9.78. The lowest BCUT2D eigenvalue weighted by molar-refractivity contribution is 0.0833. The van der Waals surface area contributed by atoms with E-state index < -0.39 is 5.54 Å². The molecule has 0 radical (unpaired) electrons. The van der Waals surface area contributed by atoms with E-state index in [4.69, 9.17) is 22.1 Å². The van der Waals surface area contributed by atoms with E-state index in [2.05, 4.69) is 5.10 Å². The van der Waals surface area contributed by atoms with E-state index in [9.17, 15) is 4.79 Å².